The molecule has 8 nitrogen and oxygen atoms in total. The van der Waals surface area contributed by atoms with E-state index < -0.39 is 5.97 Å². The van der Waals surface area contributed by atoms with Gasteiger partial charge in [-0.05, 0) is 55.4 Å². The molecule has 0 amide bonds. The molecule has 0 aliphatic carbocycles. The monoisotopic (exact) mass is 455 g/mol. The van der Waals surface area contributed by atoms with Crippen LogP contribution >= 0.6 is 11.3 Å². The van der Waals surface area contributed by atoms with E-state index in [0.717, 1.165) is 54.3 Å². The zero-order chi connectivity index (χ0) is 22.9. The Kier molecular flexibility index (Phi) is 8.41. The number of carboxylic acid groups (broad SMARTS) is 1. The van der Waals surface area contributed by atoms with Crippen LogP contribution in [-0.4, -0.2) is 52.2 Å². The molecule has 2 aromatic heterocycles. The van der Waals surface area contributed by atoms with E-state index in [-0.39, 0.29) is 4.88 Å². The first-order chi connectivity index (χ1) is 15.5. The molecular formula is C23H29N5O3S. The smallest absolute Gasteiger partial charge is 0.349 e. The van der Waals surface area contributed by atoms with E-state index in [1.165, 1.54) is 0 Å². The number of nitrogens with one attached hydrogen (secondary N) is 1. The third kappa shape index (κ3) is 6.18. The van der Waals surface area contributed by atoms with Gasteiger partial charge in [0.05, 0.1) is 6.61 Å². The minimum atomic E-state index is -1.02. The highest BCUT2D eigenvalue weighted by Crippen LogP contribution is 2.31. The van der Waals surface area contributed by atoms with Gasteiger partial charge < -0.3 is 25.8 Å². The molecule has 3 rings (SSSR count). The first-order valence-corrected chi connectivity index (χ1v) is 11.4. The van der Waals surface area contributed by atoms with Gasteiger partial charge in [-0.1, -0.05) is 13.8 Å². The number of nitrogen functional groups attached to an aromatic ring is 1. The number of rotatable bonds is 12. The molecular weight excluding hydrogens is 426 g/mol. The largest absolute Gasteiger partial charge is 0.494 e. The zero-order valence-corrected chi connectivity index (χ0v) is 19.2. The Bertz CT molecular complexity index is 1020. The van der Waals surface area contributed by atoms with Gasteiger partial charge in [0.15, 0.2) is 10.7 Å². The van der Waals surface area contributed by atoms with Gasteiger partial charge in [-0.2, -0.15) is 0 Å². The molecule has 0 saturated carbocycles. The van der Waals surface area contributed by atoms with Crippen LogP contribution in [0.4, 0.5) is 11.5 Å². The second kappa shape index (κ2) is 11.4. The Hall–Kier alpha value is -3.17. The molecule has 3 aromatic rings. The number of benzene rings is 1. The summed E-state index contributed by atoms with van der Waals surface area (Å²) in [4.78, 5) is 22.7. The van der Waals surface area contributed by atoms with Gasteiger partial charge in [0.2, 0.25) is 0 Å². The van der Waals surface area contributed by atoms with Gasteiger partial charge in [0, 0.05) is 36.7 Å². The maximum absolute atomic E-state index is 11.7. The number of hydrogen-bond donors (Lipinski definition) is 3. The van der Waals surface area contributed by atoms with Crippen molar-refractivity contribution in [2.75, 3.05) is 37.3 Å². The van der Waals surface area contributed by atoms with Crippen LogP contribution < -0.4 is 15.8 Å². The predicted octanol–water partition coefficient (Wildman–Crippen LogP) is 4.21. The molecule has 0 aliphatic rings. The van der Waals surface area contributed by atoms with Gasteiger partial charge >= 0.3 is 5.97 Å². The molecule has 0 fully saturated rings. The number of carbonyl (C=O) groups is 1. The minimum absolute atomic E-state index is 0.152. The second-order valence-corrected chi connectivity index (χ2v) is 8.18. The Morgan fingerprint density at radius 2 is 1.97 bits per heavy atom. The van der Waals surface area contributed by atoms with Crippen LogP contribution in [0.15, 0.2) is 42.7 Å². The van der Waals surface area contributed by atoms with Gasteiger partial charge in [0.1, 0.15) is 10.8 Å². The first kappa shape index (κ1) is 23.5. The zero-order valence-electron chi connectivity index (χ0n) is 18.4. The number of aromatic nitrogens is 2. The van der Waals surface area contributed by atoms with Crippen LogP contribution in [0.5, 0.6) is 5.75 Å². The number of nitrogens with zero attached hydrogens (tertiary/aromatic N) is 3. The van der Waals surface area contributed by atoms with Crippen LogP contribution in [-0.2, 0) is 6.54 Å². The maximum Gasteiger partial charge on any atom is 0.349 e. The van der Waals surface area contributed by atoms with E-state index in [1.54, 1.807) is 30.6 Å². The van der Waals surface area contributed by atoms with E-state index >= 15 is 0 Å². The van der Waals surface area contributed by atoms with E-state index in [2.05, 4.69) is 34.0 Å². The molecule has 0 unspecified atom stereocenters. The lowest BCUT2D eigenvalue weighted by Gasteiger charge is -2.18. The number of nitrogens with two attached hydrogens (primary N) is 1. The summed E-state index contributed by atoms with van der Waals surface area (Å²) in [7, 11) is 0. The highest BCUT2D eigenvalue weighted by Gasteiger charge is 2.18. The number of pyridine rings is 1. The fourth-order valence-electron chi connectivity index (χ4n) is 3.22. The van der Waals surface area contributed by atoms with Crippen molar-refractivity contribution in [3.05, 3.63) is 53.2 Å². The quantitative estimate of drug-likeness (QED) is 0.275. The average molecular weight is 456 g/mol. The average Bonchev–Trinajstić information content (AvgIpc) is 3.24. The molecule has 32 heavy (non-hydrogen) atoms. The lowest BCUT2D eigenvalue weighted by atomic mass is 10.1. The van der Waals surface area contributed by atoms with E-state index in [9.17, 15) is 9.90 Å². The number of hydrogen-bond acceptors (Lipinski definition) is 8. The van der Waals surface area contributed by atoms with E-state index in [1.807, 2.05) is 12.1 Å². The maximum atomic E-state index is 11.7. The van der Waals surface area contributed by atoms with E-state index in [4.69, 9.17) is 10.5 Å². The number of aromatic carboxylic acids is 1. The fraction of sp³-hybridized carbons (Fsp3) is 0.348. The van der Waals surface area contributed by atoms with E-state index in [0.29, 0.717) is 29.7 Å². The molecule has 0 bridgehead atoms. The van der Waals surface area contributed by atoms with Crippen molar-refractivity contribution >= 4 is 28.8 Å². The van der Waals surface area contributed by atoms with Crippen LogP contribution in [0.1, 0.15) is 35.5 Å². The summed E-state index contributed by atoms with van der Waals surface area (Å²) in [6.07, 6.45) is 4.25. The standard InChI is InChI=1S/C23H29N5O3S/c1-3-28(4-2)12-5-13-31-18-6-7-19(24)17(14-18)15-26-21-20(23(29)30)32-22(27-21)16-8-10-25-11-9-16/h6-11,14,26H,3-5,12-13,15,24H2,1-2H3,(H,29,30). The molecule has 170 valence electrons. The summed E-state index contributed by atoms with van der Waals surface area (Å²) in [5.74, 6) is 0.0348. The van der Waals surface area contributed by atoms with Crippen molar-refractivity contribution in [3.8, 4) is 16.3 Å². The number of carboxylic acids is 1. The third-order valence-corrected chi connectivity index (χ3v) is 6.18. The first-order valence-electron chi connectivity index (χ1n) is 10.6. The molecule has 0 atom stereocenters. The number of anilines is 2. The molecule has 2 heterocycles. The lowest BCUT2D eigenvalue weighted by molar-refractivity contribution is 0.0703. The molecule has 9 heteroatoms. The number of ether oxygens (including phenoxy) is 1. The Balaban J connectivity index is 1.66. The van der Waals surface area contributed by atoms with Gasteiger partial charge in [-0.15, -0.1) is 11.3 Å². The molecule has 0 spiro atoms. The van der Waals surface area contributed by atoms with Crippen LogP contribution in [0, 0.1) is 0 Å². The molecule has 1 aromatic carbocycles. The Morgan fingerprint density at radius 1 is 1.22 bits per heavy atom. The van der Waals surface area contributed by atoms with Crippen molar-refractivity contribution in [2.45, 2.75) is 26.8 Å². The molecule has 0 saturated heterocycles. The van der Waals surface area contributed by atoms with Gasteiger partial charge in [0.25, 0.3) is 0 Å². The normalized spacial score (nSPS) is 11.0. The summed E-state index contributed by atoms with van der Waals surface area (Å²) in [6.45, 7) is 8.33. The highest BCUT2D eigenvalue weighted by molar-refractivity contribution is 7.17. The second-order valence-electron chi connectivity index (χ2n) is 7.18. The summed E-state index contributed by atoms with van der Waals surface area (Å²) >= 11 is 1.12. The predicted molar refractivity (Wildman–Crippen MR) is 128 cm³/mol. The Labute approximate surface area is 192 Å². The van der Waals surface area contributed by atoms with Crippen molar-refractivity contribution in [2.24, 2.45) is 0 Å². The van der Waals surface area contributed by atoms with Crippen molar-refractivity contribution in [1.29, 1.82) is 0 Å². The SMILES string of the molecule is CCN(CC)CCCOc1ccc(N)c(CNc2nc(-c3ccncc3)sc2C(=O)O)c1. The molecule has 0 radical (unpaired) electrons. The van der Waals surface area contributed by atoms with Crippen molar-refractivity contribution in [3.63, 3.8) is 0 Å². The topological polar surface area (TPSA) is 114 Å². The summed E-state index contributed by atoms with van der Waals surface area (Å²) < 4.78 is 5.89. The van der Waals surface area contributed by atoms with Gasteiger partial charge in [-0.25, -0.2) is 9.78 Å². The minimum Gasteiger partial charge on any atom is -0.494 e. The lowest BCUT2D eigenvalue weighted by Crippen LogP contribution is -2.25. The Morgan fingerprint density at radius 3 is 2.66 bits per heavy atom. The van der Waals surface area contributed by atoms with Crippen LogP contribution in [0.3, 0.4) is 0 Å². The highest BCUT2D eigenvalue weighted by atomic mass is 32.1. The summed E-state index contributed by atoms with van der Waals surface area (Å²) in [5, 5.41) is 13.3. The van der Waals surface area contributed by atoms with Crippen molar-refractivity contribution < 1.29 is 14.6 Å². The van der Waals surface area contributed by atoms with Gasteiger partial charge in [-0.3, -0.25) is 4.98 Å². The number of thiazole rings is 1. The molecule has 4 N–H and O–H groups in total. The summed E-state index contributed by atoms with van der Waals surface area (Å²) in [6, 6.07) is 9.14. The summed E-state index contributed by atoms with van der Waals surface area (Å²) in [5.41, 5.74) is 8.38. The fourth-order valence-corrected chi connectivity index (χ4v) is 4.11. The molecule has 0 aliphatic heterocycles. The third-order valence-electron chi connectivity index (χ3n) is 5.09. The van der Waals surface area contributed by atoms with Crippen molar-refractivity contribution in [1.82, 2.24) is 14.9 Å². The van der Waals surface area contributed by atoms with Crippen LogP contribution in [0.2, 0.25) is 0 Å². The van der Waals surface area contributed by atoms with Crippen LogP contribution in [0.25, 0.3) is 10.6 Å².